The number of terminal acetylenes is 1. The molecule has 1 aliphatic rings. The Hall–Kier alpha value is -2.34. The lowest BCUT2D eigenvalue weighted by atomic mass is 10.2. The van der Waals surface area contributed by atoms with Crippen LogP contribution in [0.15, 0.2) is 12.4 Å². The van der Waals surface area contributed by atoms with Crippen molar-refractivity contribution in [2.75, 3.05) is 31.1 Å². The Morgan fingerprint density at radius 3 is 2.62 bits per heavy atom. The van der Waals surface area contributed by atoms with Crippen LogP contribution in [0.5, 0.6) is 0 Å². The molecule has 0 bridgehead atoms. The Balaban J connectivity index is 1.72. The van der Waals surface area contributed by atoms with Gasteiger partial charge < -0.3 is 9.80 Å². The van der Waals surface area contributed by atoms with Gasteiger partial charge in [0.25, 0.3) is 0 Å². The van der Waals surface area contributed by atoms with Gasteiger partial charge in [-0.2, -0.15) is 13.2 Å². The zero-order valence-corrected chi connectivity index (χ0v) is 13.3. The first-order valence-corrected chi connectivity index (χ1v) is 7.99. The predicted octanol–water partition coefficient (Wildman–Crippen LogP) is 2.27. The molecule has 2 aromatic heterocycles. The van der Waals surface area contributed by atoms with E-state index in [2.05, 4.69) is 15.9 Å². The highest BCUT2D eigenvalue weighted by atomic mass is 32.1. The van der Waals surface area contributed by atoms with E-state index in [0.717, 1.165) is 15.1 Å². The third-order valence-corrected chi connectivity index (χ3v) is 4.71. The maximum Gasteiger partial charge on any atom is 0.397 e. The summed E-state index contributed by atoms with van der Waals surface area (Å²) in [6, 6.07) is 1.83. The number of nitrogens with zero attached hydrogens (tertiary/aromatic N) is 4. The molecule has 0 aromatic carbocycles. The number of piperazine rings is 1. The Morgan fingerprint density at radius 1 is 1.29 bits per heavy atom. The summed E-state index contributed by atoms with van der Waals surface area (Å²) in [7, 11) is 0. The average molecular weight is 354 g/mol. The van der Waals surface area contributed by atoms with Gasteiger partial charge in [0.15, 0.2) is 0 Å². The normalized spacial score (nSPS) is 15.6. The summed E-state index contributed by atoms with van der Waals surface area (Å²) < 4.78 is 37.0. The number of hydrogen-bond donors (Lipinski definition) is 0. The van der Waals surface area contributed by atoms with Gasteiger partial charge in [-0.15, -0.1) is 17.8 Å². The number of aromatic nitrogens is 2. The summed E-state index contributed by atoms with van der Waals surface area (Å²) in [5.74, 6) is 2.37. The van der Waals surface area contributed by atoms with Gasteiger partial charge in [-0.1, -0.05) is 5.92 Å². The van der Waals surface area contributed by atoms with Crippen LogP contribution in [0.25, 0.3) is 10.2 Å². The largest absolute Gasteiger partial charge is 0.397 e. The molecule has 1 amide bonds. The molecule has 3 heterocycles. The van der Waals surface area contributed by atoms with Gasteiger partial charge in [-0.3, -0.25) is 4.79 Å². The van der Waals surface area contributed by atoms with E-state index in [-0.39, 0.29) is 13.1 Å². The third kappa shape index (κ3) is 3.43. The second kappa shape index (κ2) is 6.28. The molecule has 1 aliphatic heterocycles. The van der Waals surface area contributed by atoms with Gasteiger partial charge in [-0.05, 0) is 6.07 Å². The van der Waals surface area contributed by atoms with Crippen molar-refractivity contribution in [3.8, 4) is 12.3 Å². The maximum absolute atomic E-state index is 12.3. The van der Waals surface area contributed by atoms with E-state index in [4.69, 9.17) is 6.42 Å². The van der Waals surface area contributed by atoms with Crippen molar-refractivity contribution in [1.82, 2.24) is 14.9 Å². The van der Waals surface area contributed by atoms with E-state index in [0.29, 0.717) is 18.9 Å². The van der Waals surface area contributed by atoms with Crippen LogP contribution in [0, 0.1) is 12.3 Å². The minimum absolute atomic E-state index is 0.229. The quantitative estimate of drug-likeness (QED) is 0.777. The molecule has 9 heteroatoms. The molecule has 0 aliphatic carbocycles. The number of amides is 1. The molecule has 1 fully saturated rings. The van der Waals surface area contributed by atoms with E-state index < -0.39 is 18.5 Å². The number of rotatable bonds is 2. The van der Waals surface area contributed by atoms with Gasteiger partial charge in [0.05, 0.1) is 10.3 Å². The van der Waals surface area contributed by atoms with Crippen molar-refractivity contribution >= 4 is 33.3 Å². The Labute approximate surface area is 140 Å². The predicted molar refractivity (Wildman–Crippen MR) is 84.8 cm³/mol. The fraction of sp³-hybridized carbons (Fsp3) is 0.400. The highest BCUT2D eigenvalue weighted by Crippen LogP contribution is 2.30. The van der Waals surface area contributed by atoms with E-state index in [1.54, 1.807) is 0 Å². The molecule has 0 N–H and O–H groups in total. The van der Waals surface area contributed by atoms with Crippen molar-refractivity contribution in [2.24, 2.45) is 0 Å². The molecule has 0 spiro atoms. The number of hydrogen-bond acceptors (Lipinski definition) is 5. The van der Waals surface area contributed by atoms with Gasteiger partial charge in [0.1, 0.15) is 23.4 Å². The molecule has 0 atom stereocenters. The third-order valence-electron chi connectivity index (χ3n) is 3.73. The molecular weight excluding hydrogens is 341 g/mol. The fourth-order valence-electron chi connectivity index (χ4n) is 2.62. The highest BCUT2D eigenvalue weighted by molar-refractivity contribution is 7.19. The maximum atomic E-state index is 12.3. The van der Waals surface area contributed by atoms with E-state index in [1.165, 1.54) is 22.6 Å². The molecule has 3 rings (SSSR count). The number of carbonyl (C=O) groups excluding carboxylic acids is 1. The Kier molecular flexibility index (Phi) is 4.32. The van der Waals surface area contributed by atoms with Gasteiger partial charge in [0.2, 0.25) is 5.91 Å². The zero-order valence-electron chi connectivity index (χ0n) is 12.5. The van der Waals surface area contributed by atoms with E-state index >= 15 is 0 Å². The first kappa shape index (κ1) is 16.5. The summed E-state index contributed by atoms with van der Waals surface area (Å²) in [5, 5.41) is 0.825. The van der Waals surface area contributed by atoms with Crippen molar-refractivity contribution in [1.29, 1.82) is 0 Å². The smallest absolute Gasteiger partial charge is 0.352 e. The lowest BCUT2D eigenvalue weighted by Gasteiger charge is -2.35. The van der Waals surface area contributed by atoms with Crippen LogP contribution >= 0.6 is 11.3 Å². The first-order valence-electron chi connectivity index (χ1n) is 7.18. The summed E-state index contributed by atoms with van der Waals surface area (Å²) in [4.78, 5) is 24.8. The van der Waals surface area contributed by atoms with Crippen molar-refractivity contribution in [3.05, 3.63) is 17.3 Å². The Morgan fingerprint density at radius 2 is 2.00 bits per heavy atom. The lowest BCUT2D eigenvalue weighted by Crippen LogP contribution is -2.49. The number of thiophene rings is 1. The minimum atomic E-state index is -4.48. The number of fused-ring (bicyclic) bond motifs is 1. The standard InChI is InChI=1S/C15H13F3N4OS/c1-2-10-7-11-13(19-9-20-14(11)24-10)22-5-3-21(4-6-22)12(23)8-15(16,17)18/h1,7,9H,3-6,8H2. The van der Waals surface area contributed by atoms with Crippen molar-refractivity contribution in [2.45, 2.75) is 12.6 Å². The Bertz CT molecular complexity index is 803. The van der Waals surface area contributed by atoms with Crippen LogP contribution in [0.1, 0.15) is 11.3 Å². The summed E-state index contributed by atoms with van der Waals surface area (Å²) >= 11 is 1.38. The summed E-state index contributed by atoms with van der Waals surface area (Å²) in [5.41, 5.74) is 0. The molecule has 5 nitrogen and oxygen atoms in total. The first-order chi connectivity index (χ1) is 11.4. The van der Waals surface area contributed by atoms with Crippen LogP contribution < -0.4 is 4.90 Å². The van der Waals surface area contributed by atoms with Crippen molar-refractivity contribution < 1.29 is 18.0 Å². The van der Waals surface area contributed by atoms with Crippen molar-refractivity contribution in [3.63, 3.8) is 0 Å². The molecule has 0 radical (unpaired) electrons. The van der Waals surface area contributed by atoms with E-state index in [9.17, 15) is 18.0 Å². The van der Waals surface area contributed by atoms with Crippen LogP contribution in [-0.4, -0.2) is 53.1 Å². The molecule has 126 valence electrons. The summed E-state index contributed by atoms with van der Waals surface area (Å²) in [6.45, 7) is 1.28. The second-order valence-electron chi connectivity index (χ2n) is 5.33. The second-order valence-corrected chi connectivity index (χ2v) is 6.36. The van der Waals surface area contributed by atoms with E-state index in [1.807, 2.05) is 11.0 Å². The van der Waals surface area contributed by atoms with Gasteiger partial charge >= 0.3 is 6.18 Å². The number of alkyl halides is 3. The molecule has 2 aromatic rings. The van der Waals surface area contributed by atoms with Gasteiger partial charge in [0, 0.05) is 26.2 Å². The molecule has 0 unspecified atom stereocenters. The minimum Gasteiger partial charge on any atom is -0.352 e. The average Bonchev–Trinajstić information content (AvgIpc) is 2.96. The number of anilines is 1. The highest BCUT2D eigenvalue weighted by Gasteiger charge is 2.34. The summed E-state index contributed by atoms with van der Waals surface area (Å²) in [6.07, 6.45) is 0.954. The van der Waals surface area contributed by atoms with Crippen LogP contribution in [0.2, 0.25) is 0 Å². The fourth-order valence-corrected chi connectivity index (χ4v) is 3.42. The molecule has 24 heavy (non-hydrogen) atoms. The van der Waals surface area contributed by atoms with Crippen LogP contribution in [0.3, 0.4) is 0 Å². The van der Waals surface area contributed by atoms with Crippen LogP contribution in [-0.2, 0) is 4.79 Å². The zero-order chi connectivity index (χ0) is 17.3. The number of halogens is 3. The lowest BCUT2D eigenvalue weighted by molar-refractivity contribution is -0.161. The van der Waals surface area contributed by atoms with Crippen LogP contribution in [0.4, 0.5) is 19.0 Å². The monoisotopic (exact) mass is 354 g/mol. The topological polar surface area (TPSA) is 49.3 Å². The molecular formula is C15H13F3N4OS. The SMILES string of the molecule is C#Cc1cc2c(N3CCN(C(=O)CC(F)(F)F)CC3)ncnc2s1. The molecule has 1 saturated heterocycles. The molecule has 0 saturated carbocycles. The van der Waals surface area contributed by atoms with Gasteiger partial charge in [-0.25, -0.2) is 9.97 Å². The number of carbonyl (C=O) groups is 1.